The summed E-state index contributed by atoms with van der Waals surface area (Å²) in [4.78, 5) is 7.68. The maximum absolute atomic E-state index is 7.12. The molecule has 0 N–H and O–H groups in total. The molecule has 1 aliphatic heterocycles. The average Bonchev–Trinajstić information content (AvgIpc) is 0.806. The van der Waals surface area contributed by atoms with Gasteiger partial charge in [0.1, 0.15) is 17.3 Å². The standard InChI is InChI=1S/C102H68BN5O/c1-7-30-70(31-8-1)76-60-77(71-32-9-2-10-33-71)63-80(62-76)88-47-29-48-89(81-64-78(72-34-11-3-12-35-72)61-79(65-81)73-36-13-4-14-37-73)102(88)106-69-105(97-54-25-26-55-98(97)106)82-42-27-43-84(66-82)109-85-56-57-91-90-44-19-22-51-94(90)108(99(91)68-85)100-67-83(58-59-104-100)107-95-52-23-20-49-92(95)103(93-50-21-24-53-96(93)107)101-86(74-38-15-5-16-39-74)45-28-46-87(101)75-40-17-6-18-41-75/h1-68H. The van der Waals surface area contributed by atoms with Gasteiger partial charge in [-0.25, -0.2) is 4.98 Å². The third-order valence-corrected chi connectivity index (χ3v) is 21.5. The van der Waals surface area contributed by atoms with Gasteiger partial charge in [-0.3, -0.25) is 13.7 Å². The van der Waals surface area contributed by atoms with Crippen LogP contribution in [0.2, 0.25) is 0 Å². The lowest BCUT2D eigenvalue weighted by atomic mass is 9.33. The van der Waals surface area contributed by atoms with E-state index < -0.39 is 0 Å². The van der Waals surface area contributed by atoms with Gasteiger partial charge < -0.3 is 9.64 Å². The minimum Gasteiger partial charge on any atom is -0.458 e. The minimum atomic E-state index is -0.0887. The number of ether oxygens (including phenoxy) is 1. The minimum absolute atomic E-state index is 0.0887. The lowest BCUT2D eigenvalue weighted by Crippen LogP contribution is -2.58. The van der Waals surface area contributed by atoms with E-state index in [0.717, 1.165) is 134 Å². The first-order chi connectivity index (χ1) is 54.1. The van der Waals surface area contributed by atoms with Crippen LogP contribution in [0.5, 0.6) is 11.5 Å². The first-order valence-corrected chi connectivity index (χ1v) is 37.2. The zero-order valence-corrected chi connectivity index (χ0v) is 59.5. The van der Waals surface area contributed by atoms with Gasteiger partial charge in [0, 0.05) is 40.5 Å². The molecule has 4 heterocycles. The number of hydrogen-bond acceptors (Lipinski definition) is 3. The molecule has 0 radical (unpaired) electrons. The molecule has 0 spiro atoms. The Bertz CT molecular complexity index is 6270. The second kappa shape index (κ2) is 27.6. The summed E-state index contributed by atoms with van der Waals surface area (Å²) < 4.78 is 13.9. The van der Waals surface area contributed by atoms with E-state index >= 15 is 0 Å². The van der Waals surface area contributed by atoms with Crippen LogP contribution in [0.3, 0.4) is 0 Å². The van der Waals surface area contributed by atoms with Crippen molar-refractivity contribution in [2.24, 2.45) is 0 Å². The van der Waals surface area contributed by atoms with Gasteiger partial charge in [-0.05, 0) is 191 Å². The molecule has 7 heteroatoms. The number of fused-ring (bicyclic) bond motifs is 6. The molecule has 0 bridgehead atoms. The summed E-state index contributed by atoms with van der Waals surface area (Å²) in [5.41, 5.74) is 31.0. The monoisotopic (exact) mass is 1390 g/mol. The molecule has 0 unspecified atom stereocenters. The Hall–Kier alpha value is -14.4. The zero-order valence-electron chi connectivity index (χ0n) is 59.5. The average molecular weight is 1390 g/mol. The van der Waals surface area contributed by atoms with E-state index in [4.69, 9.17) is 9.72 Å². The van der Waals surface area contributed by atoms with Gasteiger partial charge in [-0.15, -0.1) is 0 Å². The van der Waals surface area contributed by atoms with Crippen LogP contribution < -0.4 is 30.6 Å². The van der Waals surface area contributed by atoms with Crippen molar-refractivity contribution < 1.29 is 9.30 Å². The van der Waals surface area contributed by atoms with Gasteiger partial charge in [0.05, 0.1) is 39.1 Å². The Morgan fingerprint density at radius 1 is 0.294 bits per heavy atom. The van der Waals surface area contributed by atoms with Gasteiger partial charge in [0.15, 0.2) is 0 Å². The zero-order chi connectivity index (χ0) is 72.1. The second-order valence-electron chi connectivity index (χ2n) is 27.9. The van der Waals surface area contributed by atoms with Crippen molar-refractivity contribution in [2.75, 3.05) is 4.90 Å². The summed E-state index contributed by atoms with van der Waals surface area (Å²) in [6.07, 6.45) is 5.97. The topological polar surface area (TPSA) is 39.1 Å². The maximum atomic E-state index is 7.12. The molecular weight excluding hydrogens is 1320 g/mol. The molecule has 510 valence electrons. The van der Waals surface area contributed by atoms with Crippen molar-refractivity contribution in [1.82, 2.24) is 14.1 Å². The SMILES string of the molecule is [c-]1n(-c2cccc(Oc3ccc4c5ccccc5n(-c5cc(N6c7ccccc7B(c7c(-c8ccccc8)cccc7-c7ccccc7)c7ccccc76)ccn5)c4c3)c2)c2ccccc2[n+]1-c1c(-c2cc(-c3ccccc3)cc(-c3ccccc3)c2)cccc1-c1cc(-c2ccccc2)cc(-c2ccccc2)c1. The number of pyridine rings is 1. The van der Waals surface area contributed by atoms with Crippen LogP contribution in [-0.2, 0) is 0 Å². The highest BCUT2D eigenvalue weighted by atomic mass is 16.5. The molecule has 20 rings (SSSR count). The van der Waals surface area contributed by atoms with Crippen molar-refractivity contribution in [2.45, 2.75) is 0 Å². The molecule has 6 nitrogen and oxygen atoms in total. The second-order valence-corrected chi connectivity index (χ2v) is 27.9. The van der Waals surface area contributed by atoms with E-state index in [-0.39, 0.29) is 6.71 Å². The third kappa shape index (κ3) is 11.7. The Balaban J connectivity index is 0.702. The van der Waals surface area contributed by atoms with Crippen molar-refractivity contribution in [3.05, 3.63) is 419 Å². The molecule has 109 heavy (non-hydrogen) atoms. The number of para-hydroxylation sites is 6. The van der Waals surface area contributed by atoms with E-state index in [2.05, 4.69) is 425 Å². The number of hydrogen-bond donors (Lipinski definition) is 0. The van der Waals surface area contributed by atoms with Crippen LogP contribution in [0.4, 0.5) is 17.1 Å². The van der Waals surface area contributed by atoms with Gasteiger partial charge in [-0.2, -0.15) is 0 Å². The number of imidazole rings is 1. The summed E-state index contributed by atoms with van der Waals surface area (Å²) in [5, 5.41) is 2.21. The summed E-state index contributed by atoms with van der Waals surface area (Å²) in [6.45, 7) is -0.0887. The number of aromatic nitrogens is 4. The Morgan fingerprint density at radius 3 is 1.27 bits per heavy atom. The molecule has 16 aromatic carbocycles. The van der Waals surface area contributed by atoms with Crippen LogP contribution in [0.1, 0.15) is 0 Å². The van der Waals surface area contributed by atoms with E-state index in [0.29, 0.717) is 11.5 Å². The lowest BCUT2D eigenvalue weighted by molar-refractivity contribution is -0.571. The van der Waals surface area contributed by atoms with Crippen LogP contribution in [-0.4, -0.2) is 20.8 Å². The largest absolute Gasteiger partial charge is 0.458 e. The Labute approximate surface area is 634 Å². The molecule has 0 saturated heterocycles. The van der Waals surface area contributed by atoms with Gasteiger partial charge in [0.25, 0.3) is 6.33 Å². The molecule has 0 aliphatic carbocycles. The maximum Gasteiger partial charge on any atom is 0.269 e. The molecule has 19 aromatic rings. The predicted molar refractivity (Wildman–Crippen MR) is 452 cm³/mol. The molecule has 0 atom stereocenters. The fraction of sp³-hybridized carbons (Fsp3) is 0. The quantitative estimate of drug-likeness (QED) is 0.0583. The highest BCUT2D eigenvalue weighted by Crippen LogP contribution is 2.44. The van der Waals surface area contributed by atoms with Crippen LogP contribution >= 0.6 is 0 Å². The number of benzene rings is 16. The highest BCUT2D eigenvalue weighted by molar-refractivity contribution is 6.99. The van der Waals surface area contributed by atoms with E-state index in [9.17, 15) is 0 Å². The first kappa shape index (κ1) is 64.2. The van der Waals surface area contributed by atoms with Crippen molar-refractivity contribution >= 4 is 73.0 Å². The van der Waals surface area contributed by atoms with E-state index in [1.165, 1.54) is 38.6 Å². The normalized spacial score (nSPS) is 11.8. The third-order valence-electron chi connectivity index (χ3n) is 21.5. The molecule has 0 saturated carbocycles. The fourth-order valence-corrected chi connectivity index (χ4v) is 16.5. The Morgan fingerprint density at radius 2 is 0.725 bits per heavy atom. The van der Waals surface area contributed by atoms with E-state index in [1.54, 1.807) is 0 Å². The summed E-state index contributed by atoms with van der Waals surface area (Å²) in [6, 6.07) is 147. The molecule has 3 aromatic heterocycles. The van der Waals surface area contributed by atoms with Crippen LogP contribution in [0, 0.1) is 6.33 Å². The van der Waals surface area contributed by atoms with Gasteiger partial charge in [0.2, 0.25) is 6.71 Å². The first-order valence-electron chi connectivity index (χ1n) is 37.2. The van der Waals surface area contributed by atoms with E-state index in [1.807, 2.05) is 12.3 Å². The van der Waals surface area contributed by atoms with Crippen molar-refractivity contribution in [1.29, 1.82) is 0 Å². The number of anilines is 3. The molecule has 0 amide bonds. The lowest BCUT2D eigenvalue weighted by Gasteiger charge is -2.38. The van der Waals surface area contributed by atoms with Crippen molar-refractivity contribution in [3.63, 3.8) is 0 Å². The van der Waals surface area contributed by atoms with Gasteiger partial charge >= 0.3 is 0 Å². The fourth-order valence-electron chi connectivity index (χ4n) is 16.5. The molecular formula is C102H68BN5O. The van der Waals surface area contributed by atoms with Crippen LogP contribution in [0.25, 0.3) is 139 Å². The summed E-state index contributed by atoms with van der Waals surface area (Å²) in [5.74, 6) is 2.16. The van der Waals surface area contributed by atoms with Gasteiger partial charge in [-0.1, -0.05) is 309 Å². The number of nitrogens with zero attached hydrogens (tertiary/aromatic N) is 5. The Kier molecular flexibility index (Phi) is 16.3. The summed E-state index contributed by atoms with van der Waals surface area (Å²) in [7, 11) is 0. The highest BCUT2D eigenvalue weighted by Gasteiger charge is 2.38. The molecule has 1 aliphatic rings. The number of rotatable bonds is 15. The molecule has 0 fully saturated rings. The predicted octanol–water partition coefficient (Wildman–Crippen LogP) is 23.6. The smallest absolute Gasteiger partial charge is 0.269 e. The van der Waals surface area contributed by atoms with Crippen LogP contribution in [0.15, 0.2) is 413 Å². The van der Waals surface area contributed by atoms with Crippen molar-refractivity contribution in [3.8, 4) is 118 Å². The summed E-state index contributed by atoms with van der Waals surface area (Å²) >= 11 is 0.